The van der Waals surface area contributed by atoms with Crippen molar-refractivity contribution in [1.82, 2.24) is 14.8 Å². The second-order valence-electron chi connectivity index (χ2n) is 4.89. The Balaban J connectivity index is 1.85. The molecule has 3 aromatic rings. The molecular weight excluding hydrogens is 274 g/mol. The molecular formula is C18H15N3O. The third-order valence-electron chi connectivity index (χ3n) is 3.43. The summed E-state index contributed by atoms with van der Waals surface area (Å²) in [6.07, 6.45) is 8.53. The zero-order valence-corrected chi connectivity index (χ0v) is 12.2. The van der Waals surface area contributed by atoms with Crippen LogP contribution in [0, 0.1) is 0 Å². The first-order chi connectivity index (χ1) is 10.7. The van der Waals surface area contributed by atoms with Gasteiger partial charge in [-0.2, -0.15) is 5.10 Å². The molecule has 0 N–H and O–H groups in total. The van der Waals surface area contributed by atoms with Gasteiger partial charge in [-0.1, -0.05) is 18.2 Å². The lowest BCUT2D eigenvalue weighted by Gasteiger charge is -2.03. The molecule has 0 unspecified atom stereocenters. The van der Waals surface area contributed by atoms with E-state index in [1.807, 2.05) is 49.5 Å². The molecule has 108 valence electrons. The van der Waals surface area contributed by atoms with E-state index in [1.165, 1.54) is 0 Å². The Bertz CT molecular complexity index is 819. The molecule has 22 heavy (non-hydrogen) atoms. The van der Waals surface area contributed by atoms with Crippen LogP contribution >= 0.6 is 0 Å². The van der Waals surface area contributed by atoms with Gasteiger partial charge in [0.1, 0.15) is 0 Å². The minimum atomic E-state index is -0.0305. The van der Waals surface area contributed by atoms with Crippen LogP contribution in [0.2, 0.25) is 0 Å². The molecule has 0 saturated heterocycles. The molecule has 0 aliphatic carbocycles. The van der Waals surface area contributed by atoms with E-state index in [1.54, 1.807) is 35.4 Å². The molecule has 0 spiro atoms. The van der Waals surface area contributed by atoms with E-state index >= 15 is 0 Å². The van der Waals surface area contributed by atoms with E-state index in [-0.39, 0.29) is 5.78 Å². The Morgan fingerprint density at radius 1 is 1.05 bits per heavy atom. The number of aryl methyl sites for hydroxylation is 1. The number of pyridine rings is 1. The SMILES string of the molecule is Cn1nccc1/C=C/C(=O)c1cccc(-c2ccncc2)c1. The number of allylic oxidation sites excluding steroid dienone is 1. The van der Waals surface area contributed by atoms with Gasteiger partial charge in [0.25, 0.3) is 0 Å². The second-order valence-corrected chi connectivity index (χ2v) is 4.89. The summed E-state index contributed by atoms with van der Waals surface area (Å²) in [6.45, 7) is 0. The topological polar surface area (TPSA) is 47.8 Å². The molecule has 4 heteroatoms. The third kappa shape index (κ3) is 3.01. The maximum atomic E-state index is 12.3. The third-order valence-corrected chi connectivity index (χ3v) is 3.43. The van der Waals surface area contributed by atoms with Gasteiger partial charge in [-0.15, -0.1) is 0 Å². The highest BCUT2D eigenvalue weighted by Crippen LogP contribution is 2.20. The molecule has 0 aliphatic rings. The second kappa shape index (κ2) is 6.18. The van der Waals surface area contributed by atoms with Crippen LogP contribution < -0.4 is 0 Å². The van der Waals surface area contributed by atoms with Crippen LogP contribution in [0.1, 0.15) is 16.1 Å². The minimum Gasteiger partial charge on any atom is -0.289 e. The van der Waals surface area contributed by atoms with Gasteiger partial charge in [0.05, 0.1) is 5.69 Å². The number of ketones is 1. The highest BCUT2D eigenvalue weighted by atomic mass is 16.1. The summed E-state index contributed by atoms with van der Waals surface area (Å²) in [4.78, 5) is 16.3. The van der Waals surface area contributed by atoms with Crippen LogP contribution in [0.25, 0.3) is 17.2 Å². The van der Waals surface area contributed by atoms with Crippen molar-refractivity contribution in [3.05, 3.63) is 78.4 Å². The lowest BCUT2D eigenvalue weighted by atomic mass is 10.0. The van der Waals surface area contributed by atoms with Crippen LogP contribution in [0.5, 0.6) is 0 Å². The van der Waals surface area contributed by atoms with E-state index in [0.717, 1.165) is 16.8 Å². The van der Waals surface area contributed by atoms with Gasteiger partial charge in [-0.25, -0.2) is 0 Å². The minimum absolute atomic E-state index is 0.0305. The Hall–Kier alpha value is -3.01. The standard InChI is InChI=1S/C18H15N3O/c1-21-17(9-12-20-21)5-6-18(22)16-4-2-3-15(13-16)14-7-10-19-11-8-14/h2-13H,1H3/b6-5+. The Morgan fingerprint density at radius 2 is 1.86 bits per heavy atom. The number of aromatic nitrogens is 3. The summed E-state index contributed by atoms with van der Waals surface area (Å²) in [7, 11) is 1.84. The molecule has 0 fully saturated rings. The van der Waals surface area contributed by atoms with Crippen LogP contribution in [0.15, 0.2) is 67.1 Å². The van der Waals surface area contributed by atoms with E-state index in [0.29, 0.717) is 5.56 Å². The summed E-state index contributed by atoms with van der Waals surface area (Å²) in [5.74, 6) is -0.0305. The first-order valence-electron chi connectivity index (χ1n) is 6.95. The number of benzene rings is 1. The predicted molar refractivity (Wildman–Crippen MR) is 86.2 cm³/mol. The molecule has 0 bridgehead atoms. The van der Waals surface area contributed by atoms with E-state index < -0.39 is 0 Å². The van der Waals surface area contributed by atoms with E-state index in [4.69, 9.17) is 0 Å². The highest BCUT2D eigenvalue weighted by Gasteiger charge is 2.05. The summed E-state index contributed by atoms with van der Waals surface area (Å²) in [5, 5.41) is 4.07. The molecule has 0 atom stereocenters. The highest BCUT2D eigenvalue weighted by molar-refractivity contribution is 6.07. The number of rotatable bonds is 4. The molecule has 2 heterocycles. The average molecular weight is 289 g/mol. The summed E-state index contributed by atoms with van der Waals surface area (Å²) < 4.78 is 1.72. The first kappa shape index (κ1) is 13.9. The molecule has 0 saturated carbocycles. The number of nitrogens with zero attached hydrogens (tertiary/aromatic N) is 3. The normalized spacial score (nSPS) is 11.0. The molecule has 2 aromatic heterocycles. The monoisotopic (exact) mass is 289 g/mol. The lowest BCUT2D eigenvalue weighted by molar-refractivity contribution is 0.104. The van der Waals surface area contributed by atoms with Crippen molar-refractivity contribution in [3.63, 3.8) is 0 Å². The van der Waals surface area contributed by atoms with Gasteiger partial charge in [0.2, 0.25) is 0 Å². The number of carbonyl (C=O) groups excluding carboxylic acids is 1. The molecule has 1 aromatic carbocycles. The maximum Gasteiger partial charge on any atom is 0.185 e. The molecule has 3 rings (SSSR count). The van der Waals surface area contributed by atoms with Crippen molar-refractivity contribution < 1.29 is 4.79 Å². The largest absolute Gasteiger partial charge is 0.289 e. The summed E-state index contributed by atoms with van der Waals surface area (Å²) >= 11 is 0. The van der Waals surface area contributed by atoms with Crippen molar-refractivity contribution in [3.8, 4) is 11.1 Å². The molecule has 0 amide bonds. The smallest absolute Gasteiger partial charge is 0.185 e. The molecule has 0 radical (unpaired) electrons. The Kier molecular flexibility index (Phi) is 3.92. The Labute approximate surface area is 128 Å². The fraction of sp³-hybridized carbons (Fsp3) is 0.0556. The Morgan fingerprint density at radius 3 is 2.59 bits per heavy atom. The van der Waals surface area contributed by atoms with Gasteiger partial charge in [0, 0.05) is 31.2 Å². The predicted octanol–water partition coefficient (Wildman–Crippen LogP) is 3.38. The van der Waals surface area contributed by atoms with E-state index in [9.17, 15) is 4.79 Å². The number of hydrogen-bond donors (Lipinski definition) is 0. The van der Waals surface area contributed by atoms with Gasteiger partial charge >= 0.3 is 0 Å². The maximum absolute atomic E-state index is 12.3. The van der Waals surface area contributed by atoms with Crippen LogP contribution in [0.3, 0.4) is 0 Å². The summed E-state index contributed by atoms with van der Waals surface area (Å²) in [6, 6.07) is 13.3. The quantitative estimate of drug-likeness (QED) is 0.546. The van der Waals surface area contributed by atoms with Gasteiger partial charge in [-0.05, 0) is 47.5 Å². The summed E-state index contributed by atoms with van der Waals surface area (Å²) in [5.41, 5.74) is 3.59. The van der Waals surface area contributed by atoms with Gasteiger partial charge in [0.15, 0.2) is 5.78 Å². The van der Waals surface area contributed by atoms with Crippen LogP contribution in [0.4, 0.5) is 0 Å². The fourth-order valence-corrected chi connectivity index (χ4v) is 2.20. The molecule has 0 aliphatic heterocycles. The number of carbonyl (C=O) groups is 1. The van der Waals surface area contributed by atoms with Crippen molar-refractivity contribution in [2.75, 3.05) is 0 Å². The van der Waals surface area contributed by atoms with Gasteiger partial charge in [-0.3, -0.25) is 14.5 Å². The van der Waals surface area contributed by atoms with Crippen LogP contribution in [-0.4, -0.2) is 20.5 Å². The lowest BCUT2D eigenvalue weighted by Crippen LogP contribution is -1.96. The van der Waals surface area contributed by atoms with Crippen molar-refractivity contribution in [2.24, 2.45) is 7.05 Å². The van der Waals surface area contributed by atoms with Gasteiger partial charge < -0.3 is 0 Å². The zero-order chi connectivity index (χ0) is 15.4. The van der Waals surface area contributed by atoms with Crippen molar-refractivity contribution in [1.29, 1.82) is 0 Å². The van der Waals surface area contributed by atoms with Crippen LogP contribution in [-0.2, 0) is 7.05 Å². The van der Waals surface area contributed by atoms with Crippen molar-refractivity contribution in [2.45, 2.75) is 0 Å². The molecule has 4 nitrogen and oxygen atoms in total. The number of hydrogen-bond acceptors (Lipinski definition) is 3. The fourth-order valence-electron chi connectivity index (χ4n) is 2.20. The zero-order valence-electron chi connectivity index (χ0n) is 12.2. The van der Waals surface area contributed by atoms with E-state index in [2.05, 4.69) is 10.1 Å². The first-order valence-corrected chi connectivity index (χ1v) is 6.95. The average Bonchev–Trinajstić information content (AvgIpc) is 2.99. The van der Waals surface area contributed by atoms with Crippen molar-refractivity contribution >= 4 is 11.9 Å².